The SMILES string of the molecule is CCCC(N)c1c[nH]c2ccccc12. The summed E-state index contributed by atoms with van der Waals surface area (Å²) in [6.07, 6.45) is 4.20. The van der Waals surface area contributed by atoms with Gasteiger partial charge in [0.25, 0.3) is 0 Å². The van der Waals surface area contributed by atoms with E-state index in [1.807, 2.05) is 12.3 Å². The van der Waals surface area contributed by atoms with Gasteiger partial charge < -0.3 is 10.7 Å². The van der Waals surface area contributed by atoms with Gasteiger partial charge >= 0.3 is 0 Å². The van der Waals surface area contributed by atoms with Crippen molar-refractivity contribution in [2.45, 2.75) is 25.8 Å². The number of hydrogen-bond donors (Lipinski definition) is 2. The van der Waals surface area contributed by atoms with Crippen LogP contribution in [0.3, 0.4) is 0 Å². The van der Waals surface area contributed by atoms with E-state index < -0.39 is 0 Å². The summed E-state index contributed by atoms with van der Waals surface area (Å²) in [5, 5.41) is 1.26. The highest BCUT2D eigenvalue weighted by Crippen LogP contribution is 2.24. The monoisotopic (exact) mass is 188 g/mol. The van der Waals surface area contributed by atoms with Gasteiger partial charge in [-0.05, 0) is 18.1 Å². The maximum atomic E-state index is 6.10. The molecule has 2 nitrogen and oxygen atoms in total. The van der Waals surface area contributed by atoms with E-state index in [1.165, 1.54) is 16.5 Å². The second-order valence-corrected chi connectivity index (χ2v) is 3.68. The smallest absolute Gasteiger partial charge is 0.0457 e. The summed E-state index contributed by atoms with van der Waals surface area (Å²) < 4.78 is 0. The third kappa shape index (κ3) is 1.53. The van der Waals surface area contributed by atoms with Gasteiger partial charge in [-0.2, -0.15) is 0 Å². The Morgan fingerprint density at radius 3 is 2.93 bits per heavy atom. The number of hydrogen-bond acceptors (Lipinski definition) is 1. The summed E-state index contributed by atoms with van der Waals surface area (Å²) in [6, 6.07) is 8.46. The molecule has 2 heteroatoms. The van der Waals surface area contributed by atoms with Gasteiger partial charge in [0.2, 0.25) is 0 Å². The van der Waals surface area contributed by atoms with Crippen LogP contribution in [0.4, 0.5) is 0 Å². The Kier molecular flexibility index (Phi) is 2.55. The van der Waals surface area contributed by atoms with E-state index in [4.69, 9.17) is 5.73 Å². The average Bonchev–Trinajstić information content (AvgIpc) is 2.61. The van der Waals surface area contributed by atoms with Gasteiger partial charge in [-0.3, -0.25) is 0 Å². The van der Waals surface area contributed by atoms with Crippen molar-refractivity contribution in [1.29, 1.82) is 0 Å². The van der Waals surface area contributed by atoms with Crippen molar-refractivity contribution in [3.05, 3.63) is 36.0 Å². The molecule has 14 heavy (non-hydrogen) atoms. The zero-order valence-corrected chi connectivity index (χ0v) is 8.46. The highest BCUT2D eigenvalue weighted by atomic mass is 14.7. The van der Waals surface area contributed by atoms with Crippen molar-refractivity contribution < 1.29 is 0 Å². The Morgan fingerprint density at radius 2 is 2.14 bits per heavy atom. The summed E-state index contributed by atoms with van der Waals surface area (Å²) in [5.41, 5.74) is 8.51. The summed E-state index contributed by atoms with van der Waals surface area (Å²) in [7, 11) is 0. The van der Waals surface area contributed by atoms with Crippen LogP contribution in [0.2, 0.25) is 0 Å². The zero-order valence-electron chi connectivity index (χ0n) is 8.46. The zero-order chi connectivity index (χ0) is 9.97. The number of rotatable bonds is 3. The fraction of sp³-hybridized carbons (Fsp3) is 0.333. The molecule has 2 aromatic rings. The first-order valence-electron chi connectivity index (χ1n) is 5.14. The summed E-state index contributed by atoms with van der Waals surface area (Å²) >= 11 is 0. The standard InChI is InChI=1S/C12H16N2/c1-2-5-11(13)10-8-14-12-7-4-3-6-9(10)12/h3-4,6-8,11,14H,2,5,13H2,1H3. The topological polar surface area (TPSA) is 41.8 Å². The average molecular weight is 188 g/mol. The summed E-state index contributed by atoms with van der Waals surface area (Å²) in [6.45, 7) is 2.16. The van der Waals surface area contributed by atoms with E-state index >= 15 is 0 Å². The highest BCUT2D eigenvalue weighted by molar-refractivity contribution is 5.83. The Bertz CT molecular complexity index is 417. The number of aromatic nitrogens is 1. The molecule has 1 heterocycles. The molecule has 74 valence electrons. The van der Waals surface area contributed by atoms with E-state index in [1.54, 1.807) is 0 Å². The lowest BCUT2D eigenvalue weighted by Crippen LogP contribution is -2.08. The van der Waals surface area contributed by atoms with Gasteiger partial charge in [0.15, 0.2) is 0 Å². The largest absolute Gasteiger partial charge is 0.361 e. The van der Waals surface area contributed by atoms with Crippen LogP contribution in [0.5, 0.6) is 0 Å². The molecule has 0 spiro atoms. The lowest BCUT2D eigenvalue weighted by atomic mass is 10.0. The van der Waals surface area contributed by atoms with E-state index in [-0.39, 0.29) is 6.04 Å². The molecule has 0 saturated heterocycles. The molecule has 1 aromatic carbocycles. The molecule has 2 rings (SSSR count). The molecule has 0 saturated carbocycles. The fourth-order valence-electron chi connectivity index (χ4n) is 1.87. The third-order valence-corrected chi connectivity index (χ3v) is 2.62. The number of benzene rings is 1. The second-order valence-electron chi connectivity index (χ2n) is 3.68. The molecule has 1 atom stereocenters. The van der Waals surface area contributed by atoms with E-state index in [0.717, 1.165) is 12.8 Å². The van der Waals surface area contributed by atoms with Gasteiger partial charge in [0.1, 0.15) is 0 Å². The Morgan fingerprint density at radius 1 is 1.36 bits per heavy atom. The summed E-state index contributed by atoms with van der Waals surface area (Å²) in [5.74, 6) is 0. The first kappa shape index (κ1) is 9.28. The maximum Gasteiger partial charge on any atom is 0.0457 e. The van der Waals surface area contributed by atoms with Crippen molar-refractivity contribution in [3.8, 4) is 0 Å². The van der Waals surface area contributed by atoms with Crippen LogP contribution in [0.1, 0.15) is 31.4 Å². The van der Waals surface area contributed by atoms with Crippen LogP contribution < -0.4 is 5.73 Å². The van der Waals surface area contributed by atoms with Crippen LogP contribution >= 0.6 is 0 Å². The van der Waals surface area contributed by atoms with Crippen LogP contribution in [0.25, 0.3) is 10.9 Å². The molecule has 3 N–H and O–H groups in total. The van der Waals surface area contributed by atoms with Crippen molar-refractivity contribution in [2.24, 2.45) is 5.73 Å². The molecule has 1 unspecified atom stereocenters. The first-order chi connectivity index (χ1) is 6.83. The molecular formula is C12H16N2. The lowest BCUT2D eigenvalue weighted by Gasteiger charge is -2.08. The molecule has 0 aliphatic heterocycles. The minimum absolute atomic E-state index is 0.163. The fourth-order valence-corrected chi connectivity index (χ4v) is 1.87. The molecule has 0 amide bonds. The number of H-pyrrole nitrogens is 1. The first-order valence-corrected chi connectivity index (χ1v) is 5.14. The third-order valence-electron chi connectivity index (χ3n) is 2.62. The van der Waals surface area contributed by atoms with Crippen LogP contribution in [0.15, 0.2) is 30.5 Å². The maximum absolute atomic E-state index is 6.10. The molecule has 0 bridgehead atoms. The van der Waals surface area contributed by atoms with E-state index in [2.05, 4.69) is 30.1 Å². The van der Waals surface area contributed by atoms with Gasteiger partial charge in [0, 0.05) is 23.1 Å². The van der Waals surface area contributed by atoms with Crippen LogP contribution in [-0.4, -0.2) is 4.98 Å². The quantitative estimate of drug-likeness (QED) is 0.764. The Balaban J connectivity index is 2.42. The Hall–Kier alpha value is -1.28. The summed E-state index contributed by atoms with van der Waals surface area (Å²) in [4.78, 5) is 3.25. The molecule has 0 fully saturated rings. The number of nitrogens with one attached hydrogen (secondary N) is 1. The van der Waals surface area contributed by atoms with Crippen molar-refractivity contribution in [3.63, 3.8) is 0 Å². The van der Waals surface area contributed by atoms with Gasteiger partial charge in [0.05, 0.1) is 0 Å². The minimum Gasteiger partial charge on any atom is -0.361 e. The van der Waals surface area contributed by atoms with E-state index in [0.29, 0.717) is 0 Å². The molecule has 0 aliphatic rings. The molecule has 0 aliphatic carbocycles. The van der Waals surface area contributed by atoms with E-state index in [9.17, 15) is 0 Å². The number of para-hydroxylation sites is 1. The molecule has 0 radical (unpaired) electrons. The van der Waals surface area contributed by atoms with Crippen molar-refractivity contribution in [1.82, 2.24) is 4.98 Å². The molecular weight excluding hydrogens is 172 g/mol. The van der Waals surface area contributed by atoms with Crippen molar-refractivity contribution in [2.75, 3.05) is 0 Å². The Labute approximate surface area is 84.1 Å². The second kappa shape index (κ2) is 3.84. The minimum atomic E-state index is 0.163. The number of fused-ring (bicyclic) bond motifs is 1. The normalized spacial score (nSPS) is 13.3. The lowest BCUT2D eigenvalue weighted by molar-refractivity contribution is 0.642. The predicted octanol–water partition coefficient (Wildman–Crippen LogP) is 2.97. The predicted molar refractivity (Wildman–Crippen MR) is 60.1 cm³/mol. The number of nitrogens with two attached hydrogens (primary N) is 1. The van der Waals surface area contributed by atoms with Crippen molar-refractivity contribution >= 4 is 10.9 Å². The van der Waals surface area contributed by atoms with Gasteiger partial charge in [-0.15, -0.1) is 0 Å². The van der Waals surface area contributed by atoms with Gasteiger partial charge in [-0.1, -0.05) is 31.5 Å². The highest BCUT2D eigenvalue weighted by Gasteiger charge is 2.09. The number of aromatic amines is 1. The van der Waals surface area contributed by atoms with Crippen LogP contribution in [0, 0.1) is 0 Å². The molecule has 1 aromatic heterocycles. The van der Waals surface area contributed by atoms with Gasteiger partial charge in [-0.25, -0.2) is 0 Å². The van der Waals surface area contributed by atoms with Crippen LogP contribution in [-0.2, 0) is 0 Å².